The van der Waals surface area contributed by atoms with Crippen LogP contribution in [0.15, 0.2) is 53.3 Å². The summed E-state index contributed by atoms with van der Waals surface area (Å²) < 4.78 is 11.9. The molecule has 3 rings (SSSR count). The van der Waals surface area contributed by atoms with E-state index in [4.69, 9.17) is 21.1 Å². The molecule has 162 valence electrons. The maximum absolute atomic E-state index is 12.2. The first-order valence-electron chi connectivity index (χ1n) is 9.78. The number of hydrogen-bond acceptors (Lipinski definition) is 5. The van der Waals surface area contributed by atoms with Gasteiger partial charge in [-0.1, -0.05) is 17.7 Å². The Kier molecular flexibility index (Phi) is 7.31. The predicted octanol–water partition coefficient (Wildman–Crippen LogP) is 4.31. The third kappa shape index (κ3) is 5.64. The number of aromatic nitrogens is 2. The fourth-order valence-corrected chi connectivity index (χ4v) is 3.22. The zero-order valence-corrected chi connectivity index (χ0v) is 18.4. The Morgan fingerprint density at radius 1 is 1.06 bits per heavy atom. The van der Waals surface area contributed by atoms with E-state index < -0.39 is 0 Å². The van der Waals surface area contributed by atoms with Gasteiger partial charge in [-0.2, -0.15) is 5.10 Å². The van der Waals surface area contributed by atoms with Gasteiger partial charge in [-0.05, 0) is 55.3 Å². The first-order valence-corrected chi connectivity index (χ1v) is 10.2. The van der Waals surface area contributed by atoms with Crippen molar-refractivity contribution in [3.8, 4) is 22.8 Å². The zero-order chi connectivity index (χ0) is 22.4. The van der Waals surface area contributed by atoms with Crippen LogP contribution in [0.5, 0.6) is 11.5 Å². The number of benzene rings is 2. The lowest BCUT2D eigenvalue weighted by atomic mass is 10.1. The topological polar surface area (TPSA) is 82.5 Å². The van der Waals surface area contributed by atoms with Crippen LogP contribution in [0.4, 0.5) is 5.69 Å². The molecular formula is C23H24ClN3O4. The van der Waals surface area contributed by atoms with Crippen molar-refractivity contribution in [3.63, 3.8) is 0 Å². The van der Waals surface area contributed by atoms with Gasteiger partial charge in [-0.3, -0.25) is 9.59 Å². The minimum absolute atomic E-state index is 0.149. The molecule has 0 spiro atoms. The van der Waals surface area contributed by atoms with E-state index in [1.54, 1.807) is 44.6 Å². The summed E-state index contributed by atoms with van der Waals surface area (Å²) in [4.78, 5) is 24.4. The summed E-state index contributed by atoms with van der Waals surface area (Å²) in [6.07, 6.45) is 0.716. The normalized spacial score (nSPS) is 10.6. The Labute approximate surface area is 185 Å². The van der Waals surface area contributed by atoms with Crippen molar-refractivity contribution in [2.45, 2.75) is 26.3 Å². The molecule has 0 saturated carbocycles. The van der Waals surface area contributed by atoms with Crippen molar-refractivity contribution in [1.82, 2.24) is 9.78 Å². The third-order valence-electron chi connectivity index (χ3n) is 4.78. The summed E-state index contributed by atoms with van der Waals surface area (Å²) in [5, 5.41) is 7.85. The van der Waals surface area contributed by atoms with Gasteiger partial charge in [0.05, 0.1) is 19.9 Å². The molecule has 1 amide bonds. The van der Waals surface area contributed by atoms with Crippen LogP contribution in [0.2, 0.25) is 5.02 Å². The van der Waals surface area contributed by atoms with Crippen molar-refractivity contribution >= 4 is 23.2 Å². The highest BCUT2D eigenvalue weighted by atomic mass is 35.5. The number of methoxy groups -OCH3 is 2. The lowest BCUT2D eigenvalue weighted by Crippen LogP contribution is -2.23. The van der Waals surface area contributed by atoms with Gasteiger partial charge in [0.2, 0.25) is 5.91 Å². The second-order valence-electron chi connectivity index (χ2n) is 6.97. The molecule has 1 heterocycles. The van der Waals surface area contributed by atoms with Crippen LogP contribution in [0.25, 0.3) is 11.3 Å². The van der Waals surface area contributed by atoms with Gasteiger partial charge in [-0.25, -0.2) is 4.68 Å². The summed E-state index contributed by atoms with van der Waals surface area (Å²) in [6.45, 7) is 2.22. The summed E-state index contributed by atoms with van der Waals surface area (Å²) in [5.41, 5.74) is 2.78. The van der Waals surface area contributed by atoms with Gasteiger partial charge in [0, 0.05) is 35.3 Å². The van der Waals surface area contributed by atoms with Gasteiger partial charge in [0.1, 0.15) is 0 Å². The number of nitrogens with one attached hydrogen (secondary N) is 1. The Bertz CT molecular complexity index is 1140. The number of carbonyl (C=O) groups excluding carboxylic acids is 1. The van der Waals surface area contributed by atoms with Crippen LogP contribution in [-0.4, -0.2) is 29.9 Å². The third-order valence-corrected chi connectivity index (χ3v) is 5.18. The zero-order valence-electron chi connectivity index (χ0n) is 17.6. The standard InChI is InChI=1S/C23H24ClN3O4/c1-15-6-8-17(14-18(15)24)25-22(28)5-4-12-27-23(29)11-9-19(26-27)16-7-10-20(30-2)21(13-16)31-3/h6-11,13-14H,4-5,12H2,1-3H3,(H,25,28). The summed E-state index contributed by atoms with van der Waals surface area (Å²) in [7, 11) is 3.13. The van der Waals surface area contributed by atoms with Gasteiger partial charge in [-0.15, -0.1) is 0 Å². The van der Waals surface area contributed by atoms with Crippen molar-refractivity contribution in [3.05, 3.63) is 69.5 Å². The number of halogens is 1. The number of amides is 1. The van der Waals surface area contributed by atoms with Crippen LogP contribution >= 0.6 is 11.6 Å². The number of aryl methyl sites for hydroxylation is 2. The van der Waals surface area contributed by atoms with Crippen molar-refractivity contribution < 1.29 is 14.3 Å². The van der Waals surface area contributed by atoms with E-state index in [1.807, 2.05) is 19.1 Å². The smallest absolute Gasteiger partial charge is 0.266 e. The molecule has 0 aliphatic carbocycles. The van der Waals surface area contributed by atoms with Crippen molar-refractivity contribution in [2.75, 3.05) is 19.5 Å². The number of hydrogen-bond donors (Lipinski definition) is 1. The van der Waals surface area contributed by atoms with E-state index in [0.717, 1.165) is 11.1 Å². The Balaban J connectivity index is 1.65. The second-order valence-corrected chi connectivity index (χ2v) is 7.37. The molecule has 1 aromatic heterocycles. The van der Waals surface area contributed by atoms with Gasteiger partial charge >= 0.3 is 0 Å². The van der Waals surface area contributed by atoms with Gasteiger partial charge < -0.3 is 14.8 Å². The van der Waals surface area contributed by atoms with E-state index in [1.165, 1.54) is 10.7 Å². The lowest BCUT2D eigenvalue weighted by Gasteiger charge is -2.11. The number of nitrogens with zero attached hydrogens (tertiary/aromatic N) is 2. The number of carbonyl (C=O) groups is 1. The van der Waals surface area contributed by atoms with E-state index in [9.17, 15) is 9.59 Å². The quantitative estimate of drug-likeness (QED) is 0.563. The van der Waals surface area contributed by atoms with E-state index in [2.05, 4.69) is 10.4 Å². The molecule has 0 fully saturated rings. The molecule has 0 radical (unpaired) electrons. The summed E-state index contributed by atoms with van der Waals surface area (Å²) >= 11 is 6.09. The maximum atomic E-state index is 12.2. The highest BCUT2D eigenvalue weighted by Crippen LogP contribution is 2.31. The van der Waals surface area contributed by atoms with Crippen molar-refractivity contribution in [1.29, 1.82) is 0 Å². The largest absolute Gasteiger partial charge is 0.493 e. The molecule has 0 aliphatic heterocycles. The van der Waals surface area contributed by atoms with Crippen molar-refractivity contribution in [2.24, 2.45) is 0 Å². The van der Waals surface area contributed by atoms with E-state index in [-0.39, 0.29) is 17.9 Å². The molecule has 31 heavy (non-hydrogen) atoms. The minimum Gasteiger partial charge on any atom is -0.493 e. The molecule has 7 nitrogen and oxygen atoms in total. The molecule has 3 aromatic rings. The molecular weight excluding hydrogens is 418 g/mol. The number of ether oxygens (including phenoxy) is 2. The predicted molar refractivity (Wildman–Crippen MR) is 121 cm³/mol. The number of anilines is 1. The average molecular weight is 442 g/mol. The first kappa shape index (κ1) is 22.4. The molecule has 0 aliphatic rings. The molecule has 0 atom stereocenters. The Hall–Kier alpha value is -3.32. The van der Waals surface area contributed by atoms with E-state index >= 15 is 0 Å². The Morgan fingerprint density at radius 2 is 1.84 bits per heavy atom. The van der Waals surface area contributed by atoms with E-state index in [0.29, 0.717) is 40.9 Å². The van der Waals surface area contributed by atoms with Crippen LogP contribution in [0.1, 0.15) is 18.4 Å². The molecule has 0 bridgehead atoms. The molecule has 1 N–H and O–H groups in total. The van der Waals surface area contributed by atoms with Gasteiger partial charge in [0.15, 0.2) is 11.5 Å². The number of rotatable bonds is 8. The summed E-state index contributed by atoms with van der Waals surface area (Å²) in [5.74, 6) is 1.04. The maximum Gasteiger partial charge on any atom is 0.266 e. The van der Waals surface area contributed by atoms with Crippen LogP contribution < -0.4 is 20.3 Å². The molecule has 8 heteroatoms. The van der Waals surface area contributed by atoms with Crippen LogP contribution in [0, 0.1) is 6.92 Å². The summed E-state index contributed by atoms with van der Waals surface area (Å²) in [6, 6.07) is 13.9. The molecule has 0 saturated heterocycles. The van der Waals surface area contributed by atoms with Crippen LogP contribution in [0.3, 0.4) is 0 Å². The average Bonchev–Trinajstić information content (AvgIpc) is 2.77. The van der Waals surface area contributed by atoms with Crippen LogP contribution in [-0.2, 0) is 11.3 Å². The first-order chi connectivity index (χ1) is 14.9. The molecule has 2 aromatic carbocycles. The second kappa shape index (κ2) is 10.1. The fraction of sp³-hybridized carbons (Fsp3) is 0.261. The highest BCUT2D eigenvalue weighted by molar-refractivity contribution is 6.31. The monoisotopic (exact) mass is 441 g/mol. The fourth-order valence-electron chi connectivity index (χ4n) is 3.04. The van der Waals surface area contributed by atoms with Gasteiger partial charge in [0.25, 0.3) is 5.56 Å². The minimum atomic E-state index is -0.227. The molecule has 0 unspecified atom stereocenters. The SMILES string of the molecule is COc1ccc(-c2ccc(=O)n(CCCC(=O)Nc3ccc(C)c(Cl)c3)n2)cc1OC. The Morgan fingerprint density at radius 3 is 2.55 bits per heavy atom. The lowest BCUT2D eigenvalue weighted by molar-refractivity contribution is -0.116. The highest BCUT2D eigenvalue weighted by Gasteiger charge is 2.10.